The first-order valence-electron chi connectivity index (χ1n) is 17.4. The molecule has 0 radical (unpaired) electrons. The van der Waals surface area contributed by atoms with E-state index in [9.17, 15) is 14.8 Å². The zero-order valence-electron chi connectivity index (χ0n) is 28.4. The van der Waals surface area contributed by atoms with E-state index in [0.29, 0.717) is 23.1 Å². The summed E-state index contributed by atoms with van der Waals surface area (Å²) < 4.78 is 2.21. The second-order valence-corrected chi connectivity index (χ2v) is 13.6. The van der Waals surface area contributed by atoms with Crippen molar-refractivity contribution in [2.75, 3.05) is 0 Å². The van der Waals surface area contributed by atoms with E-state index in [1.807, 2.05) is 50.2 Å². The molecular formula is C42H46N2O3. The number of ketones is 2. The first-order valence-corrected chi connectivity index (χ1v) is 17.4. The third kappa shape index (κ3) is 5.60. The van der Waals surface area contributed by atoms with Gasteiger partial charge in [0, 0.05) is 50.5 Å². The molecule has 5 nitrogen and oxygen atoms in total. The van der Waals surface area contributed by atoms with Gasteiger partial charge in [0.05, 0.1) is 0 Å². The molecule has 0 aliphatic heterocycles. The number of hydrogen-bond donors (Lipinski definition) is 1. The molecule has 0 saturated carbocycles. The van der Waals surface area contributed by atoms with E-state index in [1.54, 1.807) is 6.07 Å². The van der Waals surface area contributed by atoms with Crippen molar-refractivity contribution >= 4 is 39.1 Å². The molecule has 1 N–H and O–H groups in total. The number of rotatable bonds is 13. The Kier molecular flexibility index (Phi) is 9.18. The van der Waals surface area contributed by atoms with E-state index in [-0.39, 0.29) is 28.6 Å². The molecule has 0 fully saturated rings. The number of unbranched alkanes of at least 4 members (excludes halogenated alkanes) is 2. The summed E-state index contributed by atoms with van der Waals surface area (Å²) in [5.41, 5.74) is 9.16. The van der Waals surface area contributed by atoms with Crippen molar-refractivity contribution in [1.29, 1.82) is 0 Å². The van der Waals surface area contributed by atoms with Gasteiger partial charge in [-0.1, -0.05) is 94.9 Å². The molecule has 1 heterocycles. The highest BCUT2D eigenvalue weighted by Gasteiger charge is 2.42. The number of benzene rings is 4. The van der Waals surface area contributed by atoms with Crippen molar-refractivity contribution in [3.05, 3.63) is 107 Å². The minimum absolute atomic E-state index is 0.00860. The number of Topliss-reactive ketones (excluding diaryl/α,β-unsaturated/α-hetero) is 1. The second kappa shape index (κ2) is 13.3. The zero-order chi connectivity index (χ0) is 33.3. The lowest BCUT2D eigenvalue weighted by Crippen LogP contribution is -2.25. The van der Waals surface area contributed by atoms with Crippen LogP contribution in [0.25, 0.3) is 32.9 Å². The minimum Gasteiger partial charge on any atom is -0.411 e. The predicted molar refractivity (Wildman–Crippen MR) is 193 cm³/mol. The Balaban J connectivity index is 1.43. The summed E-state index contributed by atoms with van der Waals surface area (Å²) in [6, 6.07) is 26.7. The average Bonchev–Trinajstić information content (AvgIpc) is 3.56. The second-order valence-electron chi connectivity index (χ2n) is 13.6. The molecule has 1 aromatic heterocycles. The number of aromatic nitrogens is 1. The summed E-state index contributed by atoms with van der Waals surface area (Å²) in [5, 5.41) is 14.8. The van der Waals surface area contributed by atoms with Crippen LogP contribution in [0, 0.1) is 5.92 Å². The van der Waals surface area contributed by atoms with Gasteiger partial charge in [-0.05, 0) is 96.8 Å². The molecule has 5 heteroatoms. The van der Waals surface area contributed by atoms with Gasteiger partial charge in [-0.15, -0.1) is 0 Å². The average molecular weight is 627 g/mol. The molecule has 0 saturated heterocycles. The van der Waals surface area contributed by atoms with E-state index >= 15 is 0 Å². The topological polar surface area (TPSA) is 71.7 Å². The number of oxime groups is 1. The summed E-state index contributed by atoms with van der Waals surface area (Å²) in [5.74, 6) is -0.107. The molecule has 4 aromatic carbocycles. The summed E-state index contributed by atoms with van der Waals surface area (Å²) in [7, 11) is 0. The largest absolute Gasteiger partial charge is 0.411 e. The molecule has 0 spiro atoms. The minimum atomic E-state index is -0.278. The molecule has 242 valence electrons. The number of nitrogens with zero attached hydrogens (tertiary/aromatic N) is 2. The first kappa shape index (κ1) is 32.4. The van der Waals surface area contributed by atoms with Crippen molar-refractivity contribution in [3.8, 4) is 11.1 Å². The van der Waals surface area contributed by atoms with Crippen LogP contribution in [0.1, 0.15) is 117 Å². The summed E-state index contributed by atoms with van der Waals surface area (Å²) in [6.45, 7) is 11.4. The van der Waals surface area contributed by atoms with E-state index < -0.39 is 0 Å². The monoisotopic (exact) mass is 626 g/mol. The molecule has 5 aromatic rings. The van der Waals surface area contributed by atoms with E-state index in [0.717, 1.165) is 54.0 Å². The van der Waals surface area contributed by atoms with Gasteiger partial charge in [0.25, 0.3) is 0 Å². The van der Waals surface area contributed by atoms with Gasteiger partial charge >= 0.3 is 0 Å². The fourth-order valence-electron chi connectivity index (χ4n) is 7.85. The Hall–Kier alpha value is -4.51. The Morgan fingerprint density at radius 2 is 1.32 bits per heavy atom. The van der Waals surface area contributed by atoms with Crippen molar-refractivity contribution in [2.24, 2.45) is 11.1 Å². The molecule has 1 aliphatic rings. The smallest absolute Gasteiger partial charge is 0.210 e. The zero-order valence-corrected chi connectivity index (χ0v) is 28.4. The number of carbonyl (C=O) groups is 2. The molecule has 0 atom stereocenters. The lowest BCUT2D eigenvalue weighted by atomic mass is 9.71. The third-order valence-electron chi connectivity index (χ3n) is 10.1. The Morgan fingerprint density at radius 3 is 1.94 bits per heavy atom. The number of hydrogen-bond acceptors (Lipinski definition) is 4. The van der Waals surface area contributed by atoms with E-state index in [2.05, 4.69) is 66.9 Å². The third-order valence-corrected chi connectivity index (χ3v) is 10.1. The standard InChI is InChI=1S/C42H46N2O3/c1-6-9-21-42(22-10-7-2)35-14-12-11-13-31(35)32-24-28(15-18-36(32)42)40(45)29-16-19-38-33(25-29)34-26-30(17-20-39(34)44(38)8-3)41(46)37(43-47)23-27(4)5/h11-20,24-27,47H,6-10,21-23H2,1-5H3/b43-37+. The van der Waals surface area contributed by atoms with Crippen LogP contribution in [0.2, 0.25) is 0 Å². The van der Waals surface area contributed by atoms with Gasteiger partial charge in [0.1, 0.15) is 5.71 Å². The molecule has 1 aliphatic carbocycles. The maximum absolute atomic E-state index is 14.2. The predicted octanol–water partition coefficient (Wildman–Crippen LogP) is 10.8. The lowest BCUT2D eigenvalue weighted by molar-refractivity contribution is 0.103. The molecule has 47 heavy (non-hydrogen) atoms. The van der Waals surface area contributed by atoms with Gasteiger partial charge in [-0.2, -0.15) is 0 Å². The van der Waals surface area contributed by atoms with Crippen LogP contribution in [0.15, 0.2) is 84.0 Å². The van der Waals surface area contributed by atoms with Crippen molar-refractivity contribution in [1.82, 2.24) is 4.57 Å². The maximum Gasteiger partial charge on any atom is 0.210 e. The Morgan fingerprint density at radius 1 is 0.745 bits per heavy atom. The Bertz CT molecular complexity index is 2000. The number of aryl methyl sites for hydroxylation is 1. The van der Waals surface area contributed by atoms with Gasteiger partial charge in [-0.3, -0.25) is 9.59 Å². The van der Waals surface area contributed by atoms with Crippen molar-refractivity contribution < 1.29 is 14.8 Å². The van der Waals surface area contributed by atoms with Gasteiger partial charge < -0.3 is 9.77 Å². The Labute approximate surface area is 278 Å². The fraction of sp³-hybridized carbons (Fsp3) is 0.357. The van der Waals surface area contributed by atoms with E-state index in [1.165, 1.54) is 35.1 Å². The SMILES string of the molecule is CCCCC1(CCCC)c2ccccc2-c2cc(C(=O)c3ccc4c(c3)c3cc(C(=O)/C(CC(C)C)=N/O)ccc3n4CC)ccc21. The first-order chi connectivity index (χ1) is 22.8. The molecule has 0 bridgehead atoms. The lowest BCUT2D eigenvalue weighted by Gasteiger charge is -2.32. The summed E-state index contributed by atoms with van der Waals surface area (Å²) >= 11 is 0. The molecule has 6 rings (SSSR count). The van der Waals surface area contributed by atoms with Gasteiger partial charge in [0.2, 0.25) is 5.78 Å². The van der Waals surface area contributed by atoms with Gasteiger partial charge in [-0.25, -0.2) is 0 Å². The van der Waals surface area contributed by atoms with Crippen LogP contribution in [0.3, 0.4) is 0 Å². The van der Waals surface area contributed by atoms with Crippen LogP contribution in [0.5, 0.6) is 0 Å². The molecular weight excluding hydrogens is 580 g/mol. The van der Waals surface area contributed by atoms with Crippen molar-refractivity contribution in [3.63, 3.8) is 0 Å². The summed E-state index contributed by atoms with van der Waals surface area (Å²) in [4.78, 5) is 27.5. The number of carbonyl (C=O) groups excluding carboxylic acids is 2. The van der Waals surface area contributed by atoms with Crippen LogP contribution in [0.4, 0.5) is 0 Å². The highest BCUT2D eigenvalue weighted by atomic mass is 16.4. The fourth-order valence-corrected chi connectivity index (χ4v) is 7.85. The molecule has 0 amide bonds. The maximum atomic E-state index is 14.2. The highest BCUT2D eigenvalue weighted by molar-refractivity contribution is 6.46. The van der Waals surface area contributed by atoms with E-state index in [4.69, 9.17) is 0 Å². The molecule has 0 unspecified atom stereocenters. The van der Waals surface area contributed by atoms with Crippen molar-refractivity contribution in [2.45, 2.75) is 91.5 Å². The van der Waals surface area contributed by atoms with Crippen LogP contribution < -0.4 is 0 Å². The van der Waals surface area contributed by atoms with Gasteiger partial charge in [0.15, 0.2) is 5.78 Å². The summed E-state index contributed by atoms with van der Waals surface area (Å²) in [6.07, 6.45) is 7.28. The normalized spacial score (nSPS) is 13.8. The van der Waals surface area contributed by atoms with Crippen LogP contribution in [-0.4, -0.2) is 27.1 Å². The highest BCUT2D eigenvalue weighted by Crippen LogP contribution is 2.54. The van der Waals surface area contributed by atoms with Crippen LogP contribution in [-0.2, 0) is 12.0 Å². The van der Waals surface area contributed by atoms with Crippen LogP contribution >= 0.6 is 0 Å². The number of fused-ring (bicyclic) bond motifs is 6. The quantitative estimate of drug-likeness (QED) is 0.0612.